The summed E-state index contributed by atoms with van der Waals surface area (Å²) in [5.41, 5.74) is 1.51. The van der Waals surface area contributed by atoms with Crippen LogP contribution < -0.4 is 5.32 Å². The first kappa shape index (κ1) is 12.3. The van der Waals surface area contributed by atoms with Gasteiger partial charge in [0, 0.05) is 6.42 Å². The third-order valence-corrected chi connectivity index (χ3v) is 2.98. The fourth-order valence-corrected chi connectivity index (χ4v) is 2.05. The average molecular weight is 247 g/mol. The molecule has 94 valence electrons. The Kier molecular flexibility index (Phi) is 3.41. The zero-order valence-electron chi connectivity index (χ0n) is 9.68. The van der Waals surface area contributed by atoms with E-state index in [9.17, 15) is 14.4 Å². The van der Waals surface area contributed by atoms with Gasteiger partial charge in [-0.15, -0.1) is 0 Å². The van der Waals surface area contributed by atoms with Gasteiger partial charge in [-0.1, -0.05) is 24.3 Å². The minimum Gasteiger partial charge on any atom is -0.481 e. The van der Waals surface area contributed by atoms with Crippen molar-refractivity contribution in [2.75, 3.05) is 0 Å². The molecule has 18 heavy (non-hydrogen) atoms. The zero-order valence-corrected chi connectivity index (χ0v) is 9.68. The standard InChI is InChI=1S/C13H13NO4/c15-11-6-5-10(13(18)14-11)9-3-1-8(2-4-9)7-12(16)17/h1-4,10H,5-7H2,(H,16,17)(H,14,15,18). The van der Waals surface area contributed by atoms with Gasteiger partial charge in [0.1, 0.15) is 0 Å². The molecule has 1 unspecified atom stereocenters. The van der Waals surface area contributed by atoms with Gasteiger partial charge in [-0.25, -0.2) is 0 Å². The smallest absolute Gasteiger partial charge is 0.307 e. The summed E-state index contributed by atoms with van der Waals surface area (Å²) < 4.78 is 0. The van der Waals surface area contributed by atoms with Gasteiger partial charge in [-0.3, -0.25) is 19.7 Å². The number of imide groups is 1. The van der Waals surface area contributed by atoms with Gasteiger partial charge in [0.25, 0.3) is 0 Å². The zero-order chi connectivity index (χ0) is 13.1. The summed E-state index contributed by atoms with van der Waals surface area (Å²) >= 11 is 0. The summed E-state index contributed by atoms with van der Waals surface area (Å²) in [6, 6.07) is 6.90. The molecule has 0 bridgehead atoms. The maximum Gasteiger partial charge on any atom is 0.307 e. The summed E-state index contributed by atoms with van der Waals surface area (Å²) in [5.74, 6) is -1.72. The molecule has 1 heterocycles. The van der Waals surface area contributed by atoms with Crippen LogP contribution in [0.25, 0.3) is 0 Å². The van der Waals surface area contributed by atoms with Crippen LogP contribution in [-0.2, 0) is 20.8 Å². The van der Waals surface area contributed by atoms with Crippen LogP contribution >= 0.6 is 0 Å². The number of aliphatic carboxylic acids is 1. The largest absolute Gasteiger partial charge is 0.481 e. The van der Waals surface area contributed by atoms with Gasteiger partial charge in [-0.05, 0) is 17.5 Å². The highest BCUT2D eigenvalue weighted by molar-refractivity contribution is 6.00. The molecule has 0 aliphatic carbocycles. The van der Waals surface area contributed by atoms with Gasteiger partial charge >= 0.3 is 5.97 Å². The second-order valence-corrected chi connectivity index (χ2v) is 4.32. The summed E-state index contributed by atoms with van der Waals surface area (Å²) in [5, 5.41) is 11.0. The molecule has 0 aromatic heterocycles. The van der Waals surface area contributed by atoms with Crippen LogP contribution in [-0.4, -0.2) is 22.9 Å². The summed E-state index contributed by atoms with van der Waals surface area (Å²) in [7, 11) is 0. The Hall–Kier alpha value is -2.17. The van der Waals surface area contributed by atoms with E-state index in [-0.39, 0.29) is 24.2 Å². The minimum atomic E-state index is -0.885. The van der Waals surface area contributed by atoms with Crippen LogP contribution in [0.4, 0.5) is 0 Å². The van der Waals surface area contributed by atoms with E-state index in [4.69, 9.17) is 5.11 Å². The van der Waals surface area contributed by atoms with E-state index in [0.717, 1.165) is 5.56 Å². The lowest BCUT2D eigenvalue weighted by atomic mass is 9.90. The predicted octanol–water partition coefficient (Wildman–Crippen LogP) is 0.834. The number of hydrogen-bond acceptors (Lipinski definition) is 3. The van der Waals surface area contributed by atoms with Crippen molar-refractivity contribution in [2.45, 2.75) is 25.2 Å². The topological polar surface area (TPSA) is 83.5 Å². The second-order valence-electron chi connectivity index (χ2n) is 4.32. The predicted molar refractivity (Wildman–Crippen MR) is 62.9 cm³/mol. The number of amides is 2. The quantitative estimate of drug-likeness (QED) is 0.775. The number of carbonyl (C=O) groups excluding carboxylic acids is 2. The third-order valence-electron chi connectivity index (χ3n) is 2.98. The van der Waals surface area contributed by atoms with Gasteiger partial charge in [-0.2, -0.15) is 0 Å². The van der Waals surface area contributed by atoms with Crippen LogP contribution in [0.1, 0.15) is 29.9 Å². The molecule has 2 N–H and O–H groups in total. The number of carboxylic acid groups (broad SMARTS) is 1. The Morgan fingerprint density at radius 1 is 1.28 bits per heavy atom. The van der Waals surface area contributed by atoms with Crippen LogP contribution in [0.5, 0.6) is 0 Å². The van der Waals surface area contributed by atoms with Gasteiger partial charge < -0.3 is 5.11 Å². The molecule has 0 radical (unpaired) electrons. The Bertz CT molecular complexity index is 492. The Morgan fingerprint density at radius 2 is 1.94 bits per heavy atom. The van der Waals surface area contributed by atoms with Crippen LogP contribution in [0.2, 0.25) is 0 Å². The van der Waals surface area contributed by atoms with E-state index in [0.29, 0.717) is 18.4 Å². The van der Waals surface area contributed by atoms with E-state index in [1.807, 2.05) is 0 Å². The minimum absolute atomic E-state index is 0.0321. The first-order valence-electron chi connectivity index (χ1n) is 5.70. The molecule has 5 nitrogen and oxygen atoms in total. The van der Waals surface area contributed by atoms with Crippen LogP contribution in [0, 0.1) is 0 Å². The molecule has 1 aliphatic heterocycles. The first-order chi connectivity index (χ1) is 8.56. The average Bonchev–Trinajstić information content (AvgIpc) is 2.30. The lowest BCUT2D eigenvalue weighted by Gasteiger charge is -2.21. The molecular weight excluding hydrogens is 234 g/mol. The van der Waals surface area contributed by atoms with E-state index in [1.54, 1.807) is 24.3 Å². The lowest BCUT2D eigenvalue weighted by Crippen LogP contribution is -2.39. The highest BCUT2D eigenvalue weighted by atomic mass is 16.4. The summed E-state index contributed by atoms with van der Waals surface area (Å²) in [4.78, 5) is 33.2. The monoisotopic (exact) mass is 247 g/mol. The van der Waals surface area contributed by atoms with Gasteiger partial charge in [0.15, 0.2) is 0 Å². The summed E-state index contributed by atoms with van der Waals surface area (Å²) in [6.45, 7) is 0. The first-order valence-corrected chi connectivity index (χ1v) is 5.70. The van der Waals surface area contributed by atoms with Gasteiger partial charge in [0.05, 0.1) is 12.3 Å². The number of carboxylic acids is 1. The number of rotatable bonds is 3. The SMILES string of the molecule is O=C(O)Cc1ccc(C2CCC(=O)NC2=O)cc1. The molecule has 0 saturated carbocycles. The Labute approximate surface area is 104 Å². The Morgan fingerprint density at radius 3 is 2.50 bits per heavy atom. The van der Waals surface area contributed by atoms with Crippen LogP contribution in [0.3, 0.4) is 0 Å². The number of carbonyl (C=O) groups is 3. The lowest BCUT2D eigenvalue weighted by molar-refractivity contribution is -0.136. The fourth-order valence-electron chi connectivity index (χ4n) is 2.05. The van der Waals surface area contributed by atoms with E-state index < -0.39 is 5.97 Å². The second kappa shape index (κ2) is 5.00. The van der Waals surface area contributed by atoms with E-state index >= 15 is 0 Å². The molecule has 2 rings (SSSR count). The van der Waals surface area contributed by atoms with Crippen molar-refractivity contribution in [1.29, 1.82) is 0 Å². The molecule has 1 aliphatic rings. The molecule has 1 atom stereocenters. The number of piperidine rings is 1. The molecule has 2 amide bonds. The van der Waals surface area contributed by atoms with Crippen LogP contribution in [0.15, 0.2) is 24.3 Å². The van der Waals surface area contributed by atoms with Gasteiger partial charge in [0.2, 0.25) is 11.8 Å². The third kappa shape index (κ3) is 2.74. The number of benzene rings is 1. The molecule has 1 aromatic carbocycles. The maximum absolute atomic E-state index is 11.6. The number of hydrogen-bond donors (Lipinski definition) is 2. The maximum atomic E-state index is 11.6. The highest BCUT2D eigenvalue weighted by Crippen LogP contribution is 2.24. The van der Waals surface area contributed by atoms with Crippen molar-refractivity contribution >= 4 is 17.8 Å². The summed E-state index contributed by atoms with van der Waals surface area (Å²) in [6.07, 6.45) is 0.811. The van der Waals surface area contributed by atoms with Crippen molar-refractivity contribution in [3.05, 3.63) is 35.4 Å². The van der Waals surface area contributed by atoms with Crippen molar-refractivity contribution in [3.63, 3.8) is 0 Å². The highest BCUT2D eigenvalue weighted by Gasteiger charge is 2.27. The molecular formula is C13H13NO4. The molecule has 1 aromatic rings. The van der Waals surface area contributed by atoms with Crippen molar-refractivity contribution in [2.24, 2.45) is 0 Å². The Balaban J connectivity index is 2.12. The normalized spacial score (nSPS) is 19.4. The molecule has 5 heteroatoms. The molecule has 0 spiro atoms. The van der Waals surface area contributed by atoms with Crippen molar-refractivity contribution in [1.82, 2.24) is 5.32 Å². The molecule has 1 fully saturated rings. The van der Waals surface area contributed by atoms with E-state index in [1.165, 1.54) is 0 Å². The van der Waals surface area contributed by atoms with E-state index in [2.05, 4.69) is 5.32 Å². The number of nitrogens with one attached hydrogen (secondary N) is 1. The fraction of sp³-hybridized carbons (Fsp3) is 0.308. The van der Waals surface area contributed by atoms with Crippen molar-refractivity contribution in [3.8, 4) is 0 Å². The van der Waals surface area contributed by atoms with Crippen molar-refractivity contribution < 1.29 is 19.5 Å². The molecule has 1 saturated heterocycles.